The molecule has 2 fully saturated rings. The Morgan fingerprint density at radius 1 is 1.00 bits per heavy atom. The quantitative estimate of drug-likeness (QED) is 0.508. The van der Waals surface area contributed by atoms with Crippen LogP contribution in [0.4, 0.5) is 26.3 Å². The van der Waals surface area contributed by atoms with E-state index >= 15 is 0 Å². The van der Waals surface area contributed by atoms with Gasteiger partial charge in [0.25, 0.3) is 0 Å². The number of hydrogen-bond acceptors (Lipinski definition) is 7. The van der Waals surface area contributed by atoms with Gasteiger partial charge in [-0.2, -0.15) is 26.3 Å². The van der Waals surface area contributed by atoms with Crippen LogP contribution in [-0.4, -0.2) is 88.2 Å². The third kappa shape index (κ3) is 11.9. The predicted molar refractivity (Wildman–Crippen MR) is 129 cm³/mol. The molecule has 218 valence electrons. The molecule has 0 aliphatic carbocycles. The third-order valence-electron chi connectivity index (χ3n) is 5.80. The van der Waals surface area contributed by atoms with Crippen molar-refractivity contribution >= 4 is 23.3 Å². The molecule has 2 atom stereocenters. The van der Waals surface area contributed by atoms with Crippen LogP contribution in [0.5, 0.6) is 0 Å². The highest BCUT2D eigenvalue weighted by Crippen LogP contribution is 2.27. The lowest BCUT2D eigenvalue weighted by Crippen LogP contribution is -2.46. The molecule has 4 rings (SSSR count). The van der Waals surface area contributed by atoms with E-state index in [1.54, 1.807) is 0 Å². The molecule has 8 nitrogen and oxygen atoms in total. The number of aromatic nitrogens is 1. The van der Waals surface area contributed by atoms with Crippen molar-refractivity contribution in [3.63, 3.8) is 0 Å². The van der Waals surface area contributed by atoms with Crippen LogP contribution < -0.4 is 0 Å². The highest BCUT2D eigenvalue weighted by Gasteiger charge is 2.39. The number of hydrogen-bond donors (Lipinski definition) is 2. The fourth-order valence-corrected chi connectivity index (χ4v) is 4.94. The summed E-state index contributed by atoms with van der Waals surface area (Å²) in [5.41, 5.74) is 1.30. The number of nitrogens with zero attached hydrogens (tertiary/aromatic N) is 3. The monoisotopic (exact) mass is 585 g/mol. The molecule has 2 aromatic heterocycles. The van der Waals surface area contributed by atoms with Crippen LogP contribution in [0, 0.1) is 12.8 Å². The summed E-state index contributed by atoms with van der Waals surface area (Å²) in [6.45, 7) is 9.50. The lowest BCUT2D eigenvalue weighted by molar-refractivity contribution is -0.193. The van der Waals surface area contributed by atoms with Gasteiger partial charge in [-0.25, -0.2) is 9.59 Å². The zero-order chi connectivity index (χ0) is 29.2. The van der Waals surface area contributed by atoms with E-state index in [0.29, 0.717) is 12.0 Å². The molecule has 15 heteroatoms. The minimum atomic E-state index is -5.08. The van der Waals surface area contributed by atoms with Crippen LogP contribution in [0.1, 0.15) is 21.7 Å². The Hall–Kier alpha value is -2.75. The summed E-state index contributed by atoms with van der Waals surface area (Å²) in [7, 11) is 0. The zero-order valence-electron chi connectivity index (χ0n) is 20.9. The van der Waals surface area contributed by atoms with Gasteiger partial charge in [0.1, 0.15) is 0 Å². The Morgan fingerprint density at radius 2 is 1.62 bits per heavy atom. The van der Waals surface area contributed by atoms with E-state index in [-0.39, 0.29) is 0 Å². The van der Waals surface area contributed by atoms with Gasteiger partial charge in [0.05, 0.1) is 12.7 Å². The number of pyridine rings is 1. The number of aryl methyl sites for hydroxylation is 1. The van der Waals surface area contributed by atoms with E-state index in [4.69, 9.17) is 24.5 Å². The van der Waals surface area contributed by atoms with Gasteiger partial charge < -0.3 is 14.9 Å². The minimum Gasteiger partial charge on any atom is -0.475 e. The predicted octanol–water partition coefficient (Wildman–Crippen LogP) is 4.44. The highest BCUT2D eigenvalue weighted by atomic mass is 32.1. The number of ether oxygens (including phenoxy) is 1. The zero-order valence-corrected chi connectivity index (χ0v) is 21.7. The molecule has 4 heterocycles. The molecule has 0 saturated carbocycles. The first kappa shape index (κ1) is 32.5. The summed E-state index contributed by atoms with van der Waals surface area (Å²) in [5, 5.41) is 14.2. The third-order valence-corrected chi connectivity index (χ3v) is 6.79. The Morgan fingerprint density at radius 3 is 2.13 bits per heavy atom. The summed E-state index contributed by atoms with van der Waals surface area (Å²) in [5.74, 6) is -4.86. The number of aliphatic carboxylic acids is 2. The molecule has 2 saturated heterocycles. The van der Waals surface area contributed by atoms with Crippen molar-refractivity contribution < 1.29 is 50.9 Å². The first-order chi connectivity index (χ1) is 18.1. The minimum absolute atomic E-state index is 0.383. The molecule has 0 bridgehead atoms. The van der Waals surface area contributed by atoms with Crippen molar-refractivity contribution in [3.05, 3.63) is 52.0 Å². The maximum absolute atomic E-state index is 10.6. The average molecular weight is 586 g/mol. The molecule has 0 spiro atoms. The molecule has 2 aliphatic rings. The van der Waals surface area contributed by atoms with Crippen molar-refractivity contribution in [2.75, 3.05) is 32.8 Å². The second-order valence-electron chi connectivity index (χ2n) is 8.91. The number of likely N-dealkylation sites (tertiary alicyclic amines) is 1. The summed E-state index contributed by atoms with van der Waals surface area (Å²) in [6, 6.07) is 8.69. The van der Waals surface area contributed by atoms with Crippen LogP contribution in [0.25, 0.3) is 0 Å². The molecular formula is C24H29F6N3O5S. The standard InChI is InChI=1S/C20H27N3OS.2C2HF3O2/c1-16-4-5-19(25-16)14-22-8-6-18-13-23(9-10-24-20(18)15-22)12-17-3-2-7-21-11-17;2*3-2(4,5)1(6)7/h2-5,7,11,18,20H,6,8-10,12-15H2,1H3;2*(H,6,7)/t18-,20-;;/m1../s1. The van der Waals surface area contributed by atoms with E-state index in [1.165, 1.54) is 28.3 Å². The second-order valence-corrected chi connectivity index (χ2v) is 10.3. The summed E-state index contributed by atoms with van der Waals surface area (Å²) in [6.07, 6.45) is -4.72. The van der Waals surface area contributed by atoms with Crippen LogP contribution in [0.3, 0.4) is 0 Å². The van der Waals surface area contributed by atoms with Gasteiger partial charge >= 0.3 is 24.3 Å². The number of piperidine rings is 1. The Bertz CT molecular complexity index is 1030. The Kier molecular flexibility index (Phi) is 12.1. The van der Waals surface area contributed by atoms with Gasteiger partial charge in [0.15, 0.2) is 0 Å². The number of rotatable bonds is 4. The smallest absolute Gasteiger partial charge is 0.475 e. The number of halogens is 6. The molecule has 0 radical (unpaired) electrons. The Labute approximate surface area is 224 Å². The first-order valence-electron chi connectivity index (χ1n) is 11.8. The summed E-state index contributed by atoms with van der Waals surface area (Å²) in [4.78, 5) is 30.0. The average Bonchev–Trinajstić information content (AvgIpc) is 3.14. The molecule has 2 aromatic rings. The van der Waals surface area contributed by atoms with E-state index < -0.39 is 24.3 Å². The number of carboxylic acid groups (broad SMARTS) is 2. The van der Waals surface area contributed by atoms with Crippen molar-refractivity contribution in [1.82, 2.24) is 14.8 Å². The lowest BCUT2D eigenvalue weighted by atomic mass is 9.93. The summed E-state index contributed by atoms with van der Waals surface area (Å²) >= 11 is 1.92. The highest BCUT2D eigenvalue weighted by molar-refractivity contribution is 7.11. The number of alkyl halides is 6. The van der Waals surface area contributed by atoms with Crippen LogP contribution >= 0.6 is 11.3 Å². The fourth-order valence-electron chi connectivity index (χ4n) is 4.01. The van der Waals surface area contributed by atoms with Gasteiger partial charge in [-0.05, 0) is 43.7 Å². The van der Waals surface area contributed by atoms with Crippen LogP contribution in [0.2, 0.25) is 0 Å². The van der Waals surface area contributed by atoms with E-state index in [2.05, 4.69) is 39.9 Å². The molecule has 2 aliphatic heterocycles. The molecule has 39 heavy (non-hydrogen) atoms. The van der Waals surface area contributed by atoms with Crippen LogP contribution in [0.15, 0.2) is 36.7 Å². The van der Waals surface area contributed by atoms with Crippen molar-refractivity contribution in [3.8, 4) is 0 Å². The summed E-state index contributed by atoms with van der Waals surface area (Å²) < 4.78 is 69.7. The largest absolute Gasteiger partial charge is 0.490 e. The number of thiophene rings is 1. The number of fused-ring (bicyclic) bond motifs is 1. The maximum Gasteiger partial charge on any atom is 0.490 e. The normalized spacial score (nSPS) is 20.4. The van der Waals surface area contributed by atoms with Crippen molar-refractivity contribution in [2.24, 2.45) is 5.92 Å². The van der Waals surface area contributed by atoms with Gasteiger partial charge in [0.2, 0.25) is 0 Å². The van der Waals surface area contributed by atoms with E-state index in [9.17, 15) is 26.3 Å². The van der Waals surface area contributed by atoms with Crippen molar-refractivity contribution in [1.29, 1.82) is 0 Å². The van der Waals surface area contributed by atoms with E-state index in [0.717, 1.165) is 39.3 Å². The Balaban J connectivity index is 0.000000317. The van der Waals surface area contributed by atoms with E-state index in [1.807, 2.05) is 29.8 Å². The van der Waals surface area contributed by atoms with Crippen molar-refractivity contribution in [2.45, 2.75) is 44.9 Å². The van der Waals surface area contributed by atoms with Gasteiger partial charge in [-0.1, -0.05) is 6.07 Å². The second kappa shape index (κ2) is 14.6. The molecule has 0 aromatic carbocycles. The molecule has 2 N–H and O–H groups in total. The fraction of sp³-hybridized carbons (Fsp3) is 0.542. The van der Waals surface area contributed by atoms with Crippen LogP contribution in [-0.2, 0) is 27.4 Å². The first-order valence-corrected chi connectivity index (χ1v) is 12.6. The molecule has 0 unspecified atom stereocenters. The maximum atomic E-state index is 10.6. The molecule has 0 amide bonds. The van der Waals surface area contributed by atoms with Gasteiger partial charge in [-0.15, -0.1) is 11.3 Å². The SMILES string of the molecule is Cc1ccc(CN2CC[C@@H]3CN(Cc4cccnc4)CCO[C@@H]3C2)s1.O=C(O)C(F)(F)F.O=C(O)C(F)(F)F. The number of carbonyl (C=O) groups is 2. The van der Waals surface area contributed by atoms with Gasteiger partial charge in [-0.3, -0.25) is 14.8 Å². The number of carboxylic acids is 2. The lowest BCUT2D eigenvalue weighted by Gasteiger charge is -2.37. The van der Waals surface area contributed by atoms with Gasteiger partial charge in [0, 0.05) is 60.8 Å². The molecular weight excluding hydrogens is 556 g/mol. The topological polar surface area (TPSA) is 103 Å².